The van der Waals surface area contributed by atoms with E-state index >= 15 is 0 Å². The maximum Gasteiger partial charge on any atom is 0.279 e. The van der Waals surface area contributed by atoms with E-state index in [9.17, 15) is 8.42 Å². The molecule has 0 radical (unpaired) electrons. The van der Waals surface area contributed by atoms with E-state index in [0.717, 1.165) is 32.1 Å². The van der Waals surface area contributed by atoms with Gasteiger partial charge in [-0.05, 0) is 38.5 Å². The Hall–Kier alpha value is -0.170. The summed E-state index contributed by atoms with van der Waals surface area (Å²) >= 11 is 0. The summed E-state index contributed by atoms with van der Waals surface area (Å²) in [4.78, 5) is 0. The summed E-state index contributed by atoms with van der Waals surface area (Å²) in [7, 11) is -3.33. The molecule has 1 heterocycles. The van der Waals surface area contributed by atoms with E-state index in [4.69, 9.17) is 5.73 Å². The van der Waals surface area contributed by atoms with Crippen molar-refractivity contribution in [3.63, 3.8) is 0 Å². The smallest absolute Gasteiger partial charge is 0.279 e. The number of rotatable bonds is 5. The van der Waals surface area contributed by atoms with E-state index in [0.29, 0.717) is 19.0 Å². The van der Waals surface area contributed by atoms with Gasteiger partial charge in [-0.3, -0.25) is 0 Å². The largest absolute Gasteiger partial charge is 0.326 e. The Morgan fingerprint density at radius 1 is 1.35 bits per heavy atom. The molecule has 2 fully saturated rings. The van der Waals surface area contributed by atoms with Crippen LogP contribution in [0.5, 0.6) is 0 Å². The fourth-order valence-corrected chi connectivity index (χ4v) is 3.92. The molecule has 2 rings (SSSR count). The zero-order valence-corrected chi connectivity index (χ0v) is 11.2. The van der Waals surface area contributed by atoms with Crippen LogP contribution in [0.1, 0.15) is 39.0 Å². The minimum atomic E-state index is -3.33. The topological polar surface area (TPSA) is 75.4 Å². The molecule has 2 aliphatic rings. The predicted molar refractivity (Wildman–Crippen MR) is 67.6 cm³/mol. The van der Waals surface area contributed by atoms with Crippen LogP contribution in [0.25, 0.3) is 0 Å². The Morgan fingerprint density at radius 2 is 2.06 bits per heavy atom. The molecule has 5 nitrogen and oxygen atoms in total. The molecule has 0 aromatic carbocycles. The van der Waals surface area contributed by atoms with Crippen molar-refractivity contribution in [2.75, 3.05) is 13.1 Å². The lowest BCUT2D eigenvalue weighted by Crippen LogP contribution is -2.50. The highest BCUT2D eigenvalue weighted by Gasteiger charge is 2.32. The highest BCUT2D eigenvalue weighted by atomic mass is 32.2. The highest BCUT2D eigenvalue weighted by Crippen LogP contribution is 2.31. The number of piperidine rings is 1. The van der Waals surface area contributed by atoms with Crippen molar-refractivity contribution < 1.29 is 8.42 Å². The first kappa shape index (κ1) is 13.3. The number of nitrogens with one attached hydrogen (secondary N) is 1. The van der Waals surface area contributed by atoms with E-state index in [2.05, 4.69) is 4.72 Å². The van der Waals surface area contributed by atoms with Gasteiger partial charge in [0.15, 0.2) is 0 Å². The second-order valence-corrected chi connectivity index (χ2v) is 7.02. The lowest BCUT2D eigenvalue weighted by Gasteiger charge is -2.32. The first-order chi connectivity index (χ1) is 8.00. The number of nitrogens with two attached hydrogens (primary N) is 1. The van der Waals surface area contributed by atoms with E-state index in [1.54, 1.807) is 4.31 Å². The molecule has 0 amide bonds. The molecule has 1 aliphatic carbocycles. The van der Waals surface area contributed by atoms with Gasteiger partial charge in [-0.2, -0.15) is 12.7 Å². The predicted octanol–water partition coefficient (Wildman–Crippen LogP) is 0.433. The second kappa shape index (κ2) is 5.22. The van der Waals surface area contributed by atoms with Gasteiger partial charge >= 0.3 is 0 Å². The summed E-state index contributed by atoms with van der Waals surface area (Å²) in [6.45, 7) is 2.98. The molecule has 2 unspecified atom stereocenters. The standard InChI is InChI=1S/C11H23N3O2S/c1-9-4-2-3-7-14(9)17(15,16)13-8-11(12)10-5-6-10/h9-11,13H,2-8,12H2,1H3. The molecule has 0 aromatic rings. The summed E-state index contributed by atoms with van der Waals surface area (Å²) in [5, 5.41) is 0. The van der Waals surface area contributed by atoms with Gasteiger partial charge in [0, 0.05) is 25.2 Å². The van der Waals surface area contributed by atoms with Crippen LogP contribution in [0.2, 0.25) is 0 Å². The van der Waals surface area contributed by atoms with E-state index < -0.39 is 10.2 Å². The molecule has 17 heavy (non-hydrogen) atoms. The Balaban J connectivity index is 1.88. The van der Waals surface area contributed by atoms with Gasteiger partial charge in [0.1, 0.15) is 0 Å². The van der Waals surface area contributed by atoms with Gasteiger partial charge in [-0.15, -0.1) is 0 Å². The third kappa shape index (κ3) is 3.40. The minimum absolute atomic E-state index is 0.0233. The van der Waals surface area contributed by atoms with Crippen LogP contribution in [-0.2, 0) is 10.2 Å². The average Bonchev–Trinajstić information content (AvgIpc) is 3.10. The van der Waals surface area contributed by atoms with Crippen molar-refractivity contribution in [2.24, 2.45) is 11.7 Å². The monoisotopic (exact) mass is 261 g/mol. The summed E-state index contributed by atoms with van der Waals surface area (Å²) in [5.41, 5.74) is 5.90. The molecule has 0 bridgehead atoms. The molecule has 3 N–H and O–H groups in total. The molecular formula is C11H23N3O2S. The molecule has 1 saturated carbocycles. The Labute approximate surface area is 104 Å². The van der Waals surface area contributed by atoms with Gasteiger partial charge in [0.25, 0.3) is 10.2 Å². The maximum absolute atomic E-state index is 12.1. The zero-order valence-electron chi connectivity index (χ0n) is 10.4. The molecular weight excluding hydrogens is 238 g/mol. The quantitative estimate of drug-likeness (QED) is 0.753. The van der Waals surface area contributed by atoms with Crippen molar-refractivity contribution >= 4 is 10.2 Å². The second-order valence-electron chi connectivity index (χ2n) is 5.31. The number of nitrogens with zero attached hydrogens (tertiary/aromatic N) is 1. The zero-order chi connectivity index (χ0) is 12.5. The lowest BCUT2D eigenvalue weighted by atomic mass is 10.1. The summed E-state index contributed by atoms with van der Waals surface area (Å²) in [6, 6.07) is 0.0864. The van der Waals surface area contributed by atoms with Crippen LogP contribution in [0.4, 0.5) is 0 Å². The fraction of sp³-hybridized carbons (Fsp3) is 1.00. The minimum Gasteiger partial charge on any atom is -0.326 e. The molecule has 100 valence electrons. The highest BCUT2D eigenvalue weighted by molar-refractivity contribution is 7.87. The van der Waals surface area contributed by atoms with Gasteiger partial charge < -0.3 is 5.73 Å². The third-order valence-electron chi connectivity index (χ3n) is 3.78. The van der Waals surface area contributed by atoms with Crippen LogP contribution >= 0.6 is 0 Å². The van der Waals surface area contributed by atoms with E-state index in [1.165, 1.54) is 0 Å². The van der Waals surface area contributed by atoms with Crippen molar-refractivity contribution in [1.82, 2.24) is 9.03 Å². The first-order valence-electron chi connectivity index (χ1n) is 6.53. The SMILES string of the molecule is CC1CCCCN1S(=O)(=O)NCC(N)C1CC1. The number of hydrogen-bond donors (Lipinski definition) is 2. The van der Waals surface area contributed by atoms with Crippen molar-refractivity contribution in [3.05, 3.63) is 0 Å². The maximum atomic E-state index is 12.1. The van der Waals surface area contributed by atoms with E-state index in [-0.39, 0.29) is 12.1 Å². The number of hydrogen-bond acceptors (Lipinski definition) is 3. The Morgan fingerprint density at radius 3 is 2.65 bits per heavy atom. The summed E-state index contributed by atoms with van der Waals surface area (Å²) in [5.74, 6) is 0.525. The average molecular weight is 261 g/mol. The van der Waals surface area contributed by atoms with Crippen LogP contribution in [0.3, 0.4) is 0 Å². The van der Waals surface area contributed by atoms with Crippen LogP contribution in [0.15, 0.2) is 0 Å². The van der Waals surface area contributed by atoms with Crippen LogP contribution in [0, 0.1) is 5.92 Å². The van der Waals surface area contributed by atoms with Crippen molar-refractivity contribution in [2.45, 2.75) is 51.1 Å². The lowest BCUT2D eigenvalue weighted by molar-refractivity contribution is 0.265. The van der Waals surface area contributed by atoms with Gasteiger partial charge in [0.2, 0.25) is 0 Å². The molecule has 6 heteroatoms. The Bertz CT molecular complexity index is 354. The van der Waals surface area contributed by atoms with Crippen LogP contribution in [-0.4, -0.2) is 37.9 Å². The van der Waals surface area contributed by atoms with Crippen LogP contribution < -0.4 is 10.5 Å². The molecule has 2 atom stereocenters. The van der Waals surface area contributed by atoms with E-state index in [1.807, 2.05) is 6.92 Å². The summed E-state index contributed by atoms with van der Waals surface area (Å²) in [6.07, 6.45) is 5.32. The summed E-state index contributed by atoms with van der Waals surface area (Å²) < 4.78 is 28.4. The molecule has 0 spiro atoms. The van der Waals surface area contributed by atoms with Gasteiger partial charge in [-0.25, -0.2) is 4.72 Å². The molecule has 1 saturated heterocycles. The van der Waals surface area contributed by atoms with Crippen molar-refractivity contribution in [3.8, 4) is 0 Å². The molecule has 1 aliphatic heterocycles. The van der Waals surface area contributed by atoms with Gasteiger partial charge in [0.05, 0.1) is 0 Å². The fourth-order valence-electron chi connectivity index (χ4n) is 2.40. The third-order valence-corrected chi connectivity index (χ3v) is 5.47. The van der Waals surface area contributed by atoms with Gasteiger partial charge in [-0.1, -0.05) is 6.42 Å². The first-order valence-corrected chi connectivity index (χ1v) is 7.97. The normalized spacial score (nSPS) is 29.2. The van der Waals surface area contributed by atoms with Crippen molar-refractivity contribution in [1.29, 1.82) is 0 Å². The molecule has 0 aromatic heterocycles. The Kier molecular flexibility index (Phi) is 4.07.